The monoisotopic (exact) mass is 211 g/mol. The van der Waals surface area contributed by atoms with E-state index in [0.29, 0.717) is 5.95 Å². The van der Waals surface area contributed by atoms with E-state index >= 15 is 0 Å². The molecule has 0 aliphatic carbocycles. The Bertz CT molecular complexity index is 343. The van der Waals surface area contributed by atoms with Gasteiger partial charge in [-0.25, -0.2) is 14.8 Å². The van der Waals surface area contributed by atoms with Gasteiger partial charge in [0.25, 0.3) is 0 Å². The van der Waals surface area contributed by atoms with Crippen molar-refractivity contribution in [3.8, 4) is 0 Å². The first kappa shape index (κ1) is 11.4. The van der Waals surface area contributed by atoms with Crippen molar-refractivity contribution in [2.24, 2.45) is 0 Å². The summed E-state index contributed by atoms with van der Waals surface area (Å²) in [6.07, 6.45) is 0.710. The summed E-state index contributed by atoms with van der Waals surface area (Å²) in [7, 11) is 1.34. The Kier molecular flexibility index (Phi) is 3.99. The number of hydrogen-bond acceptors (Lipinski definition) is 5. The second kappa shape index (κ2) is 5.26. The molecule has 6 heteroatoms. The highest BCUT2D eigenvalue weighted by Crippen LogP contribution is 2.00. The summed E-state index contributed by atoms with van der Waals surface area (Å²) < 4.78 is 4.75. The van der Waals surface area contributed by atoms with Gasteiger partial charge in [-0.15, -0.1) is 0 Å². The van der Waals surface area contributed by atoms with Crippen LogP contribution in [0.1, 0.15) is 5.69 Å². The molecule has 0 amide bonds. The minimum atomic E-state index is -1.02. The molecule has 0 aliphatic heterocycles. The maximum absolute atomic E-state index is 10.6. The number of nitrogens with one attached hydrogen (secondary N) is 1. The van der Waals surface area contributed by atoms with Crippen molar-refractivity contribution in [3.63, 3.8) is 0 Å². The molecule has 0 fully saturated rings. The first-order chi connectivity index (χ1) is 7.13. The molecular weight excluding hydrogens is 198 g/mol. The number of nitrogens with zero attached hydrogens (tertiary/aromatic N) is 2. The summed E-state index contributed by atoms with van der Waals surface area (Å²) in [6, 6.07) is 1.76. The zero-order valence-corrected chi connectivity index (χ0v) is 8.60. The third-order valence-corrected chi connectivity index (χ3v) is 1.80. The summed E-state index contributed by atoms with van der Waals surface area (Å²) in [5.74, 6) is -0.615. The maximum atomic E-state index is 10.6. The maximum Gasteiger partial charge on any atom is 0.334 e. The number of aliphatic carboxylic acids is 1. The number of rotatable bonds is 5. The highest BCUT2D eigenvalue weighted by Gasteiger charge is 2.15. The molecular formula is C9H13N3O3. The van der Waals surface area contributed by atoms with Crippen LogP contribution in [0.4, 0.5) is 5.95 Å². The second-order valence-corrected chi connectivity index (χ2v) is 2.97. The van der Waals surface area contributed by atoms with Gasteiger partial charge >= 0.3 is 5.97 Å². The van der Waals surface area contributed by atoms with E-state index in [9.17, 15) is 4.79 Å². The van der Waals surface area contributed by atoms with Gasteiger partial charge < -0.3 is 15.2 Å². The molecule has 0 aliphatic rings. The molecule has 0 spiro atoms. The van der Waals surface area contributed by atoms with Crippen molar-refractivity contribution < 1.29 is 14.6 Å². The quantitative estimate of drug-likeness (QED) is 0.728. The largest absolute Gasteiger partial charge is 0.479 e. The molecule has 1 unspecified atom stereocenters. The van der Waals surface area contributed by atoms with Crippen LogP contribution in [0.5, 0.6) is 0 Å². The van der Waals surface area contributed by atoms with Crippen molar-refractivity contribution in [1.82, 2.24) is 9.97 Å². The summed E-state index contributed by atoms with van der Waals surface area (Å²) in [4.78, 5) is 18.6. The molecule has 0 aromatic carbocycles. The van der Waals surface area contributed by atoms with Crippen LogP contribution < -0.4 is 5.32 Å². The number of aromatic nitrogens is 2. The first-order valence-corrected chi connectivity index (χ1v) is 4.42. The third kappa shape index (κ3) is 3.51. The number of aryl methyl sites for hydroxylation is 1. The fourth-order valence-electron chi connectivity index (χ4n) is 0.990. The normalized spacial score (nSPS) is 12.1. The summed E-state index contributed by atoms with van der Waals surface area (Å²) >= 11 is 0. The average molecular weight is 211 g/mol. The highest BCUT2D eigenvalue weighted by atomic mass is 16.5. The second-order valence-electron chi connectivity index (χ2n) is 2.97. The minimum absolute atomic E-state index is 0.134. The predicted molar refractivity (Wildman–Crippen MR) is 53.7 cm³/mol. The van der Waals surface area contributed by atoms with E-state index in [1.807, 2.05) is 6.92 Å². The van der Waals surface area contributed by atoms with Crippen molar-refractivity contribution >= 4 is 11.9 Å². The molecule has 2 N–H and O–H groups in total. The lowest BCUT2D eigenvalue weighted by Crippen LogP contribution is -2.30. The Balaban J connectivity index is 2.52. The van der Waals surface area contributed by atoms with Crippen LogP contribution in [0.25, 0.3) is 0 Å². The first-order valence-electron chi connectivity index (χ1n) is 4.42. The molecule has 1 aromatic rings. The Labute approximate surface area is 87.3 Å². The molecule has 1 aromatic heterocycles. The van der Waals surface area contributed by atoms with Crippen LogP contribution in [-0.2, 0) is 9.53 Å². The predicted octanol–water partition coefficient (Wildman–Crippen LogP) is 0.297. The minimum Gasteiger partial charge on any atom is -0.479 e. The molecule has 0 radical (unpaired) electrons. The smallest absolute Gasteiger partial charge is 0.334 e. The zero-order chi connectivity index (χ0) is 11.3. The Hall–Kier alpha value is -1.69. The average Bonchev–Trinajstić information content (AvgIpc) is 2.18. The van der Waals surface area contributed by atoms with Gasteiger partial charge in [0.2, 0.25) is 5.95 Å². The van der Waals surface area contributed by atoms with Crippen molar-refractivity contribution in [2.45, 2.75) is 13.0 Å². The number of methoxy groups -OCH3 is 1. The van der Waals surface area contributed by atoms with Gasteiger partial charge in [0.05, 0.1) is 6.54 Å². The van der Waals surface area contributed by atoms with Crippen molar-refractivity contribution in [2.75, 3.05) is 19.0 Å². The van der Waals surface area contributed by atoms with E-state index in [-0.39, 0.29) is 6.54 Å². The number of carbonyl (C=O) groups is 1. The highest BCUT2D eigenvalue weighted by molar-refractivity contribution is 5.73. The molecule has 82 valence electrons. The number of carboxylic acids is 1. The van der Waals surface area contributed by atoms with E-state index in [1.54, 1.807) is 12.3 Å². The van der Waals surface area contributed by atoms with Crippen LogP contribution >= 0.6 is 0 Å². The van der Waals surface area contributed by atoms with Gasteiger partial charge in [0.1, 0.15) is 0 Å². The number of ether oxygens (including phenoxy) is 1. The van der Waals surface area contributed by atoms with Gasteiger partial charge in [0.15, 0.2) is 6.10 Å². The fourth-order valence-corrected chi connectivity index (χ4v) is 0.990. The molecule has 15 heavy (non-hydrogen) atoms. The number of carboxylic acid groups (broad SMARTS) is 1. The van der Waals surface area contributed by atoms with Gasteiger partial charge in [0, 0.05) is 19.0 Å². The van der Waals surface area contributed by atoms with Crippen molar-refractivity contribution in [1.29, 1.82) is 0 Å². The number of anilines is 1. The molecule has 0 bridgehead atoms. The van der Waals surface area contributed by atoms with E-state index in [1.165, 1.54) is 7.11 Å². The molecule has 6 nitrogen and oxygen atoms in total. The van der Waals surface area contributed by atoms with Crippen LogP contribution in [0.2, 0.25) is 0 Å². The zero-order valence-electron chi connectivity index (χ0n) is 8.60. The lowest BCUT2D eigenvalue weighted by Gasteiger charge is -2.11. The van der Waals surface area contributed by atoms with Gasteiger partial charge in [-0.05, 0) is 13.0 Å². The van der Waals surface area contributed by atoms with Crippen LogP contribution in [-0.4, -0.2) is 40.8 Å². The Morgan fingerprint density at radius 3 is 3.00 bits per heavy atom. The topological polar surface area (TPSA) is 84.3 Å². The number of hydrogen-bond donors (Lipinski definition) is 2. The van der Waals surface area contributed by atoms with Crippen LogP contribution in [0.3, 0.4) is 0 Å². The van der Waals surface area contributed by atoms with E-state index in [2.05, 4.69) is 15.3 Å². The summed E-state index contributed by atoms with van der Waals surface area (Å²) in [5.41, 5.74) is 0.816. The Morgan fingerprint density at radius 1 is 1.73 bits per heavy atom. The standard InChI is InChI=1S/C9H13N3O3/c1-6-3-4-10-9(12-6)11-5-7(15-2)8(13)14/h3-4,7H,5H2,1-2H3,(H,13,14)(H,10,11,12). The van der Waals surface area contributed by atoms with Crippen molar-refractivity contribution in [3.05, 3.63) is 18.0 Å². The van der Waals surface area contributed by atoms with Gasteiger partial charge in [-0.1, -0.05) is 0 Å². The molecule has 1 atom stereocenters. The van der Waals surface area contributed by atoms with Crippen LogP contribution in [0, 0.1) is 6.92 Å². The summed E-state index contributed by atoms with van der Waals surface area (Å²) in [6.45, 7) is 1.97. The van der Waals surface area contributed by atoms with E-state index < -0.39 is 12.1 Å². The summed E-state index contributed by atoms with van der Waals surface area (Å²) in [5, 5.41) is 11.5. The SMILES string of the molecule is COC(CNc1nccc(C)n1)C(=O)O. The third-order valence-electron chi connectivity index (χ3n) is 1.80. The fraction of sp³-hybridized carbons (Fsp3) is 0.444. The lowest BCUT2D eigenvalue weighted by molar-refractivity contribution is -0.147. The van der Waals surface area contributed by atoms with E-state index in [4.69, 9.17) is 9.84 Å². The van der Waals surface area contributed by atoms with E-state index in [0.717, 1.165) is 5.69 Å². The van der Waals surface area contributed by atoms with Crippen LogP contribution in [0.15, 0.2) is 12.3 Å². The molecule has 1 heterocycles. The van der Waals surface area contributed by atoms with Gasteiger partial charge in [-0.3, -0.25) is 0 Å². The molecule has 0 saturated heterocycles. The Morgan fingerprint density at radius 2 is 2.47 bits per heavy atom. The van der Waals surface area contributed by atoms with Gasteiger partial charge in [-0.2, -0.15) is 0 Å². The lowest BCUT2D eigenvalue weighted by atomic mass is 10.3. The molecule has 0 saturated carbocycles. The molecule has 1 rings (SSSR count).